The van der Waals surface area contributed by atoms with E-state index in [2.05, 4.69) is 10.3 Å². The number of hydrogen-bond acceptors (Lipinski definition) is 6. The van der Waals surface area contributed by atoms with Crippen molar-refractivity contribution in [2.45, 2.75) is 26.7 Å². The molecule has 7 heteroatoms. The summed E-state index contributed by atoms with van der Waals surface area (Å²) in [5.74, 6) is 2.31. The summed E-state index contributed by atoms with van der Waals surface area (Å²) in [6.07, 6.45) is 0.985. The minimum absolute atomic E-state index is 0.0699. The van der Waals surface area contributed by atoms with Gasteiger partial charge >= 0.3 is 0 Å². The van der Waals surface area contributed by atoms with Gasteiger partial charge < -0.3 is 19.5 Å². The average molecular weight is 427 g/mol. The molecule has 0 aliphatic heterocycles. The summed E-state index contributed by atoms with van der Waals surface area (Å²) in [7, 11) is 3.28. The molecular weight excluding hydrogens is 400 g/mol. The van der Waals surface area contributed by atoms with Crippen molar-refractivity contribution in [1.29, 1.82) is 0 Å². The number of rotatable bonds is 9. The first kappa shape index (κ1) is 21.6. The molecule has 0 atom stereocenters. The third-order valence-corrected chi connectivity index (χ3v) is 5.47. The van der Waals surface area contributed by atoms with E-state index in [9.17, 15) is 4.79 Å². The van der Waals surface area contributed by atoms with Crippen LogP contribution in [0.1, 0.15) is 23.3 Å². The maximum atomic E-state index is 12.3. The van der Waals surface area contributed by atoms with Crippen LogP contribution in [0.15, 0.2) is 42.5 Å². The number of thiazole rings is 1. The van der Waals surface area contributed by atoms with Gasteiger partial charge in [0.2, 0.25) is 5.91 Å². The summed E-state index contributed by atoms with van der Waals surface area (Å²) in [4.78, 5) is 17.9. The Morgan fingerprint density at radius 2 is 1.77 bits per heavy atom. The zero-order chi connectivity index (χ0) is 21.5. The van der Waals surface area contributed by atoms with E-state index in [1.807, 2.05) is 56.3 Å². The number of carbonyl (C=O) groups excluding carboxylic acids is 1. The predicted octanol–water partition coefficient (Wildman–Crippen LogP) is 5.24. The maximum absolute atomic E-state index is 12.3. The number of benzene rings is 2. The van der Waals surface area contributed by atoms with E-state index in [4.69, 9.17) is 14.2 Å². The number of anilines is 1. The van der Waals surface area contributed by atoms with Gasteiger partial charge in [0, 0.05) is 16.9 Å². The predicted molar refractivity (Wildman–Crippen MR) is 120 cm³/mol. The second-order valence-corrected chi connectivity index (χ2v) is 7.99. The summed E-state index contributed by atoms with van der Waals surface area (Å²) >= 11 is 1.48. The fourth-order valence-electron chi connectivity index (χ4n) is 3.02. The van der Waals surface area contributed by atoms with E-state index < -0.39 is 0 Å². The molecule has 1 N–H and O–H groups in total. The monoisotopic (exact) mass is 426 g/mol. The van der Waals surface area contributed by atoms with E-state index in [0.29, 0.717) is 24.6 Å². The topological polar surface area (TPSA) is 69.7 Å². The number of carbonyl (C=O) groups is 1. The van der Waals surface area contributed by atoms with Crippen LogP contribution in [0.25, 0.3) is 11.3 Å². The van der Waals surface area contributed by atoms with Gasteiger partial charge in [-0.25, -0.2) is 4.98 Å². The van der Waals surface area contributed by atoms with Crippen LogP contribution in [-0.4, -0.2) is 31.7 Å². The normalized spacial score (nSPS) is 10.5. The summed E-state index contributed by atoms with van der Waals surface area (Å²) in [6.45, 7) is 4.47. The molecule has 6 nitrogen and oxygen atoms in total. The number of nitrogens with zero attached hydrogens (tertiary/aromatic N) is 1. The second kappa shape index (κ2) is 10.1. The smallest absolute Gasteiger partial charge is 0.226 e. The molecular formula is C23H26N2O4S. The molecule has 0 aliphatic carbocycles. The number of nitrogens with one attached hydrogen (secondary N) is 1. The summed E-state index contributed by atoms with van der Waals surface area (Å²) in [5.41, 5.74) is 2.93. The van der Waals surface area contributed by atoms with E-state index in [0.717, 1.165) is 38.9 Å². The second-order valence-electron chi connectivity index (χ2n) is 6.78. The molecule has 3 aromatic rings. The number of aryl methyl sites for hydroxylation is 2. The highest BCUT2D eigenvalue weighted by atomic mass is 32.1. The first-order valence-electron chi connectivity index (χ1n) is 9.69. The Morgan fingerprint density at radius 1 is 1.03 bits per heavy atom. The van der Waals surface area contributed by atoms with E-state index >= 15 is 0 Å². The van der Waals surface area contributed by atoms with Gasteiger partial charge in [-0.1, -0.05) is 0 Å². The van der Waals surface area contributed by atoms with Crippen LogP contribution < -0.4 is 19.5 Å². The quantitative estimate of drug-likeness (QED) is 0.474. The number of hydrogen-bond donors (Lipinski definition) is 1. The molecule has 0 radical (unpaired) electrons. The van der Waals surface area contributed by atoms with Crippen molar-refractivity contribution in [3.8, 4) is 28.5 Å². The molecule has 1 heterocycles. The van der Waals surface area contributed by atoms with E-state index in [-0.39, 0.29) is 5.91 Å². The Balaban J connectivity index is 1.50. The molecule has 30 heavy (non-hydrogen) atoms. The van der Waals surface area contributed by atoms with E-state index in [1.54, 1.807) is 14.2 Å². The lowest BCUT2D eigenvalue weighted by Gasteiger charge is -2.07. The van der Waals surface area contributed by atoms with Gasteiger partial charge in [-0.3, -0.25) is 4.79 Å². The van der Waals surface area contributed by atoms with Crippen molar-refractivity contribution in [2.24, 2.45) is 0 Å². The minimum atomic E-state index is -0.0699. The van der Waals surface area contributed by atoms with Crippen LogP contribution in [0.5, 0.6) is 17.2 Å². The number of aromatic nitrogens is 1. The van der Waals surface area contributed by atoms with Gasteiger partial charge in [-0.05, 0) is 68.3 Å². The molecule has 0 spiro atoms. The minimum Gasteiger partial charge on any atom is -0.497 e. The zero-order valence-electron chi connectivity index (χ0n) is 17.7. The first-order chi connectivity index (χ1) is 14.5. The fraction of sp³-hybridized carbons (Fsp3) is 0.304. The zero-order valence-corrected chi connectivity index (χ0v) is 18.5. The number of ether oxygens (including phenoxy) is 3. The fourth-order valence-corrected chi connectivity index (χ4v) is 3.87. The molecule has 0 unspecified atom stereocenters. The van der Waals surface area contributed by atoms with Crippen molar-refractivity contribution < 1.29 is 19.0 Å². The lowest BCUT2D eigenvalue weighted by molar-refractivity contribution is -0.116. The molecule has 3 rings (SSSR count). The van der Waals surface area contributed by atoms with Gasteiger partial charge in [0.15, 0.2) is 5.13 Å². The van der Waals surface area contributed by atoms with Crippen LogP contribution in [0.2, 0.25) is 0 Å². The van der Waals surface area contributed by atoms with Crippen LogP contribution in [0.4, 0.5) is 5.13 Å². The van der Waals surface area contributed by atoms with Crippen molar-refractivity contribution in [3.63, 3.8) is 0 Å². The van der Waals surface area contributed by atoms with Crippen LogP contribution in [0, 0.1) is 13.8 Å². The highest BCUT2D eigenvalue weighted by Crippen LogP contribution is 2.32. The standard InChI is InChI=1S/C23H26N2O4S/c1-15-14-17(7-12-20(15)28-4)22-16(2)30-23(25-22)24-21(26)6-5-13-29-19-10-8-18(27-3)9-11-19/h7-12,14H,5-6,13H2,1-4H3,(H,24,25,26). The molecule has 1 aromatic heterocycles. The summed E-state index contributed by atoms with van der Waals surface area (Å²) < 4.78 is 16.1. The highest BCUT2D eigenvalue weighted by molar-refractivity contribution is 7.16. The third kappa shape index (κ3) is 5.51. The Morgan fingerprint density at radius 3 is 2.43 bits per heavy atom. The van der Waals surface area contributed by atoms with Gasteiger partial charge in [0.1, 0.15) is 17.2 Å². The third-order valence-electron chi connectivity index (χ3n) is 4.59. The van der Waals surface area contributed by atoms with E-state index in [1.165, 1.54) is 11.3 Å². The molecule has 0 bridgehead atoms. The molecule has 0 aliphatic rings. The SMILES string of the molecule is COc1ccc(OCCCC(=O)Nc2nc(-c3ccc(OC)c(C)c3)c(C)s2)cc1. The van der Waals surface area contributed by atoms with Crippen LogP contribution in [-0.2, 0) is 4.79 Å². The lowest BCUT2D eigenvalue weighted by atomic mass is 10.1. The Hall–Kier alpha value is -3.06. The Labute approximate surface area is 180 Å². The van der Waals surface area contributed by atoms with Gasteiger partial charge in [-0.2, -0.15) is 0 Å². The van der Waals surface area contributed by atoms with Gasteiger partial charge in [0.05, 0.1) is 26.5 Å². The molecule has 0 saturated heterocycles. The number of amides is 1. The molecule has 0 fully saturated rings. The molecule has 2 aromatic carbocycles. The summed E-state index contributed by atoms with van der Waals surface area (Å²) in [5, 5.41) is 3.50. The maximum Gasteiger partial charge on any atom is 0.226 e. The van der Waals surface area contributed by atoms with Crippen molar-refractivity contribution in [1.82, 2.24) is 4.98 Å². The molecule has 1 amide bonds. The summed E-state index contributed by atoms with van der Waals surface area (Å²) in [6, 6.07) is 13.3. The molecule has 0 saturated carbocycles. The van der Waals surface area contributed by atoms with Crippen molar-refractivity contribution >= 4 is 22.4 Å². The first-order valence-corrected chi connectivity index (χ1v) is 10.5. The van der Waals surface area contributed by atoms with Gasteiger partial charge in [0.25, 0.3) is 0 Å². The molecule has 158 valence electrons. The van der Waals surface area contributed by atoms with Crippen LogP contribution >= 0.6 is 11.3 Å². The van der Waals surface area contributed by atoms with Gasteiger partial charge in [-0.15, -0.1) is 11.3 Å². The van der Waals surface area contributed by atoms with Crippen LogP contribution in [0.3, 0.4) is 0 Å². The largest absolute Gasteiger partial charge is 0.497 e. The van der Waals surface area contributed by atoms with Crippen molar-refractivity contribution in [3.05, 3.63) is 52.9 Å². The lowest BCUT2D eigenvalue weighted by Crippen LogP contribution is -2.12. The van der Waals surface area contributed by atoms with Crippen molar-refractivity contribution in [2.75, 3.05) is 26.1 Å². The number of methoxy groups -OCH3 is 2. The Kier molecular flexibility index (Phi) is 7.30. The average Bonchev–Trinajstić information content (AvgIpc) is 3.11. The Bertz CT molecular complexity index is 999. The highest BCUT2D eigenvalue weighted by Gasteiger charge is 2.13.